The third-order valence-electron chi connectivity index (χ3n) is 3.06. The second-order valence-corrected chi connectivity index (χ2v) is 5.44. The van der Waals surface area contributed by atoms with Crippen LogP contribution >= 0.6 is 15.9 Å². The molecule has 1 aromatic heterocycles. The predicted molar refractivity (Wildman–Crippen MR) is 72.7 cm³/mol. The summed E-state index contributed by atoms with van der Waals surface area (Å²) < 4.78 is 3.40. The standard InChI is InChI=1S/C13H17BrN2/c1-9-12(8-15(2)3)11-6-5-10(14)7-13(11)16(9)4/h5-7H,8H2,1-4H3. The second kappa shape index (κ2) is 4.22. The summed E-state index contributed by atoms with van der Waals surface area (Å²) in [4.78, 5) is 2.21. The van der Waals surface area contributed by atoms with Gasteiger partial charge in [0.1, 0.15) is 0 Å². The highest BCUT2D eigenvalue weighted by molar-refractivity contribution is 9.10. The van der Waals surface area contributed by atoms with Gasteiger partial charge in [-0.25, -0.2) is 0 Å². The van der Waals surface area contributed by atoms with E-state index in [1.54, 1.807) is 0 Å². The van der Waals surface area contributed by atoms with Crippen molar-refractivity contribution in [2.45, 2.75) is 13.5 Å². The third kappa shape index (κ3) is 1.89. The molecule has 0 atom stereocenters. The third-order valence-corrected chi connectivity index (χ3v) is 3.55. The van der Waals surface area contributed by atoms with Crippen LogP contribution in [0.4, 0.5) is 0 Å². The summed E-state index contributed by atoms with van der Waals surface area (Å²) in [5.41, 5.74) is 4.07. The minimum Gasteiger partial charge on any atom is -0.348 e. The quantitative estimate of drug-likeness (QED) is 0.820. The Balaban J connectivity index is 2.69. The van der Waals surface area contributed by atoms with E-state index in [-0.39, 0.29) is 0 Å². The highest BCUT2D eigenvalue weighted by Gasteiger charge is 2.12. The maximum atomic E-state index is 3.53. The molecule has 86 valence electrons. The first-order valence-electron chi connectivity index (χ1n) is 5.39. The van der Waals surface area contributed by atoms with Crippen LogP contribution in [-0.2, 0) is 13.6 Å². The van der Waals surface area contributed by atoms with E-state index in [0.29, 0.717) is 0 Å². The lowest BCUT2D eigenvalue weighted by Gasteiger charge is -2.09. The number of hydrogen-bond acceptors (Lipinski definition) is 1. The van der Waals surface area contributed by atoms with Gasteiger partial charge in [-0.05, 0) is 38.7 Å². The van der Waals surface area contributed by atoms with E-state index in [4.69, 9.17) is 0 Å². The van der Waals surface area contributed by atoms with Crippen molar-refractivity contribution in [3.05, 3.63) is 33.9 Å². The topological polar surface area (TPSA) is 8.17 Å². The number of fused-ring (bicyclic) bond motifs is 1. The minimum absolute atomic E-state index is 0.991. The van der Waals surface area contributed by atoms with Crippen LogP contribution < -0.4 is 0 Å². The normalized spacial score (nSPS) is 11.6. The Kier molecular flexibility index (Phi) is 3.08. The summed E-state index contributed by atoms with van der Waals surface area (Å²) in [6.45, 7) is 3.18. The summed E-state index contributed by atoms with van der Waals surface area (Å²) >= 11 is 3.53. The van der Waals surface area contributed by atoms with E-state index in [9.17, 15) is 0 Å². The largest absolute Gasteiger partial charge is 0.348 e. The Morgan fingerprint density at radius 3 is 2.62 bits per heavy atom. The monoisotopic (exact) mass is 280 g/mol. The van der Waals surface area contributed by atoms with Gasteiger partial charge in [0.15, 0.2) is 0 Å². The smallest absolute Gasteiger partial charge is 0.0494 e. The Morgan fingerprint density at radius 2 is 2.00 bits per heavy atom. The summed E-state index contributed by atoms with van der Waals surface area (Å²) in [5, 5.41) is 1.36. The lowest BCUT2D eigenvalue weighted by atomic mass is 10.1. The molecule has 0 unspecified atom stereocenters. The first kappa shape index (κ1) is 11.7. The average molecular weight is 281 g/mol. The molecule has 1 heterocycles. The van der Waals surface area contributed by atoms with Gasteiger partial charge in [0.2, 0.25) is 0 Å². The zero-order valence-corrected chi connectivity index (χ0v) is 11.8. The van der Waals surface area contributed by atoms with E-state index in [1.807, 2.05) is 0 Å². The summed E-state index contributed by atoms with van der Waals surface area (Å²) in [7, 11) is 6.34. The Labute approximate surface area is 105 Å². The van der Waals surface area contributed by atoms with Crippen LogP contribution in [0.25, 0.3) is 10.9 Å². The number of hydrogen-bond donors (Lipinski definition) is 0. The van der Waals surface area contributed by atoms with Gasteiger partial charge < -0.3 is 9.47 Å². The fourth-order valence-electron chi connectivity index (χ4n) is 2.13. The van der Waals surface area contributed by atoms with Gasteiger partial charge in [-0.2, -0.15) is 0 Å². The molecule has 0 fully saturated rings. The zero-order valence-electron chi connectivity index (χ0n) is 10.2. The zero-order chi connectivity index (χ0) is 11.9. The van der Waals surface area contributed by atoms with E-state index in [2.05, 4.69) is 71.7 Å². The van der Waals surface area contributed by atoms with Crippen molar-refractivity contribution in [2.75, 3.05) is 14.1 Å². The molecule has 0 bridgehead atoms. The first-order chi connectivity index (χ1) is 7.50. The van der Waals surface area contributed by atoms with Crippen molar-refractivity contribution in [3.8, 4) is 0 Å². The lowest BCUT2D eigenvalue weighted by Crippen LogP contribution is -2.11. The van der Waals surface area contributed by atoms with E-state index >= 15 is 0 Å². The number of benzene rings is 1. The molecule has 0 radical (unpaired) electrons. The van der Waals surface area contributed by atoms with Gasteiger partial charge in [-0.1, -0.05) is 22.0 Å². The van der Waals surface area contributed by atoms with Crippen LogP contribution in [0, 0.1) is 6.92 Å². The van der Waals surface area contributed by atoms with Crippen LogP contribution in [0.5, 0.6) is 0 Å². The molecule has 0 saturated carbocycles. The molecule has 0 aliphatic heterocycles. The van der Waals surface area contributed by atoms with Crippen LogP contribution in [0.15, 0.2) is 22.7 Å². The molecule has 0 amide bonds. The predicted octanol–water partition coefficient (Wildman–Crippen LogP) is 3.31. The molecule has 0 spiro atoms. The molecular weight excluding hydrogens is 264 g/mol. The van der Waals surface area contributed by atoms with Crippen LogP contribution in [0.2, 0.25) is 0 Å². The van der Waals surface area contributed by atoms with Gasteiger partial charge >= 0.3 is 0 Å². The van der Waals surface area contributed by atoms with Gasteiger partial charge in [-0.15, -0.1) is 0 Å². The highest BCUT2D eigenvalue weighted by atomic mass is 79.9. The lowest BCUT2D eigenvalue weighted by molar-refractivity contribution is 0.402. The molecule has 0 aliphatic rings. The molecule has 2 rings (SSSR count). The molecule has 0 aliphatic carbocycles. The summed E-state index contributed by atoms with van der Waals surface area (Å²) in [6.07, 6.45) is 0. The summed E-state index contributed by atoms with van der Waals surface area (Å²) in [5.74, 6) is 0. The van der Waals surface area contributed by atoms with E-state index in [0.717, 1.165) is 11.0 Å². The van der Waals surface area contributed by atoms with Gasteiger partial charge in [0.25, 0.3) is 0 Å². The number of rotatable bonds is 2. The molecule has 16 heavy (non-hydrogen) atoms. The Hall–Kier alpha value is -0.800. The van der Waals surface area contributed by atoms with Crippen molar-refractivity contribution in [3.63, 3.8) is 0 Å². The average Bonchev–Trinajstić information content (AvgIpc) is 2.43. The SMILES string of the molecule is Cc1c(CN(C)C)c2ccc(Br)cc2n1C. The second-order valence-electron chi connectivity index (χ2n) is 4.52. The molecular formula is C13H17BrN2. The maximum absolute atomic E-state index is 3.53. The van der Waals surface area contributed by atoms with Crippen molar-refractivity contribution in [2.24, 2.45) is 7.05 Å². The van der Waals surface area contributed by atoms with Crippen molar-refractivity contribution in [1.82, 2.24) is 9.47 Å². The summed E-state index contributed by atoms with van der Waals surface area (Å²) in [6, 6.07) is 6.49. The number of halogens is 1. The first-order valence-corrected chi connectivity index (χ1v) is 6.18. The molecule has 1 aromatic carbocycles. The van der Waals surface area contributed by atoms with Gasteiger partial charge in [0, 0.05) is 34.7 Å². The van der Waals surface area contributed by atoms with Crippen LogP contribution in [0.3, 0.4) is 0 Å². The highest BCUT2D eigenvalue weighted by Crippen LogP contribution is 2.28. The molecule has 2 aromatic rings. The Bertz CT molecular complexity index is 526. The molecule has 2 nitrogen and oxygen atoms in total. The fraction of sp³-hybridized carbons (Fsp3) is 0.385. The van der Waals surface area contributed by atoms with Crippen molar-refractivity contribution in [1.29, 1.82) is 0 Å². The Morgan fingerprint density at radius 1 is 1.31 bits per heavy atom. The maximum Gasteiger partial charge on any atom is 0.0494 e. The molecule has 0 saturated heterocycles. The number of aromatic nitrogens is 1. The minimum atomic E-state index is 0.991. The van der Waals surface area contributed by atoms with Gasteiger partial charge in [0.05, 0.1) is 0 Å². The number of aryl methyl sites for hydroxylation is 1. The van der Waals surface area contributed by atoms with Crippen molar-refractivity contribution >= 4 is 26.8 Å². The van der Waals surface area contributed by atoms with Crippen LogP contribution in [-0.4, -0.2) is 23.6 Å². The van der Waals surface area contributed by atoms with E-state index < -0.39 is 0 Å². The van der Waals surface area contributed by atoms with E-state index in [1.165, 1.54) is 22.2 Å². The fourth-order valence-corrected chi connectivity index (χ4v) is 2.48. The van der Waals surface area contributed by atoms with Crippen molar-refractivity contribution < 1.29 is 0 Å². The van der Waals surface area contributed by atoms with Gasteiger partial charge in [-0.3, -0.25) is 0 Å². The molecule has 0 N–H and O–H groups in total. The number of nitrogens with zero attached hydrogens (tertiary/aromatic N) is 2. The molecule has 3 heteroatoms. The van der Waals surface area contributed by atoms with Crippen LogP contribution in [0.1, 0.15) is 11.3 Å².